The normalized spacial score (nSPS) is 25.0. The number of piperidine rings is 1. The first-order valence-electron chi connectivity index (χ1n) is 11.1. The van der Waals surface area contributed by atoms with Gasteiger partial charge in [0.2, 0.25) is 5.95 Å². The lowest BCUT2D eigenvalue weighted by atomic mass is 9.85. The molecule has 2 fully saturated rings. The van der Waals surface area contributed by atoms with Gasteiger partial charge < -0.3 is 15.2 Å². The Kier molecular flexibility index (Phi) is 5.57. The van der Waals surface area contributed by atoms with Crippen LogP contribution >= 0.6 is 11.6 Å². The zero-order chi connectivity index (χ0) is 22.5. The van der Waals surface area contributed by atoms with E-state index in [9.17, 15) is 5.11 Å². The molecule has 2 aliphatic heterocycles. The fraction of sp³-hybridized carbons (Fsp3) is 0.522. The summed E-state index contributed by atoms with van der Waals surface area (Å²) in [4.78, 5) is 11.6. The van der Waals surface area contributed by atoms with E-state index < -0.39 is 6.10 Å². The minimum atomic E-state index is -0.436. The zero-order valence-electron chi connectivity index (χ0n) is 18.7. The number of anilines is 2. The molecular formula is C23H29ClN6O2. The first-order valence-corrected chi connectivity index (χ1v) is 11.5. The summed E-state index contributed by atoms with van der Waals surface area (Å²) in [7, 11) is 1.90. The van der Waals surface area contributed by atoms with Crippen LogP contribution in [0.4, 0.5) is 11.6 Å². The van der Waals surface area contributed by atoms with Gasteiger partial charge in [-0.1, -0.05) is 11.6 Å². The topological polar surface area (TPSA) is 88.3 Å². The van der Waals surface area contributed by atoms with E-state index in [-0.39, 0.29) is 5.54 Å². The van der Waals surface area contributed by atoms with Gasteiger partial charge in [0.05, 0.1) is 48.0 Å². The molecular weight excluding hydrogens is 428 g/mol. The Hall–Kier alpha value is -2.26. The third-order valence-electron chi connectivity index (χ3n) is 7.23. The van der Waals surface area contributed by atoms with Crippen LogP contribution in [0.3, 0.4) is 0 Å². The van der Waals surface area contributed by atoms with Gasteiger partial charge in [0, 0.05) is 23.7 Å². The van der Waals surface area contributed by atoms with Crippen molar-refractivity contribution in [3.63, 3.8) is 0 Å². The Bertz CT molecular complexity index is 1140. The molecule has 3 aromatic rings. The number of hydrogen-bond donors (Lipinski definition) is 2. The molecule has 2 aliphatic rings. The molecule has 8 nitrogen and oxygen atoms in total. The molecule has 0 bridgehead atoms. The number of fused-ring (bicyclic) bond motifs is 1. The number of nitrogens with zero attached hydrogens (tertiary/aromatic N) is 5. The van der Waals surface area contributed by atoms with E-state index in [1.807, 2.05) is 24.7 Å². The lowest BCUT2D eigenvalue weighted by molar-refractivity contribution is -0.00211. The molecule has 170 valence electrons. The Morgan fingerprint density at radius 2 is 2.03 bits per heavy atom. The van der Waals surface area contributed by atoms with Crippen LogP contribution in [-0.2, 0) is 11.8 Å². The van der Waals surface area contributed by atoms with Crippen LogP contribution in [0.25, 0.3) is 10.9 Å². The van der Waals surface area contributed by atoms with Crippen molar-refractivity contribution >= 4 is 34.1 Å². The second-order valence-corrected chi connectivity index (χ2v) is 9.58. The van der Waals surface area contributed by atoms with Crippen LogP contribution < -0.4 is 5.32 Å². The maximum Gasteiger partial charge on any atom is 0.227 e. The Balaban J connectivity index is 1.36. The third kappa shape index (κ3) is 3.75. The van der Waals surface area contributed by atoms with Crippen molar-refractivity contribution in [2.45, 2.75) is 44.2 Å². The molecule has 0 unspecified atom stereocenters. The van der Waals surface area contributed by atoms with E-state index in [0.717, 1.165) is 58.8 Å². The second kappa shape index (κ2) is 8.26. The quantitative estimate of drug-likeness (QED) is 0.622. The number of aromatic nitrogens is 4. The average Bonchev–Trinajstić information content (AvgIpc) is 3.30. The summed E-state index contributed by atoms with van der Waals surface area (Å²) >= 11 is 6.69. The molecule has 2 atom stereocenters. The Morgan fingerprint density at radius 1 is 1.25 bits per heavy atom. The molecule has 0 aliphatic carbocycles. The van der Waals surface area contributed by atoms with Crippen LogP contribution in [0, 0.1) is 6.92 Å². The highest BCUT2D eigenvalue weighted by Gasteiger charge is 2.45. The number of benzene rings is 1. The number of halogens is 1. The third-order valence-corrected chi connectivity index (χ3v) is 7.55. The van der Waals surface area contributed by atoms with E-state index in [0.29, 0.717) is 25.1 Å². The molecule has 2 aromatic heterocycles. The van der Waals surface area contributed by atoms with Crippen LogP contribution in [0.15, 0.2) is 24.5 Å². The summed E-state index contributed by atoms with van der Waals surface area (Å²) in [6.45, 7) is 6.92. The number of likely N-dealkylation sites (tertiary alicyclic amines) is 1. The van der Waals surface area contributed by atoms with Gasteiger partial charge in [-0.3, -0.25) is 9.58 Å². The van der Waals surface area contributed by atoms with Gasteiger partial charge in [-0.25, -0.2) is 9.97 Å². The predicted molar refractivity (Wildman–Crippen MR) is 125 cm³/mol. The van der Waals surface area contributed by atoms with E-state index in [2.05, 4.69) is 33.3 Å². The highest BCUT2D eigenvalue weighted by Crippen LogP contribution is 2.38. The van der Waals surface area contributed by atoms with Crippen molar-refractivity contribution in [3.05, 3.63) is 40.8 Å². The minimum Gasteiger partial charge on any atom is -0.389 e. The van der Waals surface area contributed by atoms with Crippen LogP contribution in [0.1, 0.15) is 36.9 Å². The number of nitrogens with one attached hydrogen (secondary N) is 1. The number of aliphatic hydroxyl groups is 1. The molecule has 5 rings (SSSR count). The molecule has 0 saturated carbocycles. The largest absolute Gasteiger partial charge is 0.389 e. The first kappa shape index (κ1) is 21.6. The van der Waals surface area contributed by atoms with Crippen molar-refractivity contribution in [2.75, 3.05) is 31.6 Å². The van der Waals surface area contributed by atoms with Crippen molar-refractivity contribution in [3.8, 4) is 0 Å². The van der Waals surface area contributed by atoms with Crippen LogP contribution in [0.5, 0.6) is 0 Å². The molecule has 1 aromatic carbocycles. The highest BCUT2D eigenvalue weighted by atomic mass is 35.5. The fourth-order valence-corrected chi connectivity index (χ4v) is 5.16. The summed E-state index contributed by atoms with van der Waals surface area (Å²) in [5, 5.41) is 19.6. The SMILES string of the molecule is Cc1c(Nc2ncc3cc(Cl)c(C4CCN([C@]5(C)COC[C@@H]5O)CC4)cc3n2)cnn1C. The smallest absolute Gasteiger partial charge is 0.227 e. The summed E-state index contributed by atoms with van der Waals surface area (Å²) < 4.78 is 7.34. The summed E-state index contributed by atoms with van der Waals surface area (Å²) in [6, 6.07) is 4.07. The maximum atomic E-state index is 10.4. The minimum absolute atomic E-state index is 0.295. The number of hydrogen-bond acceptors (Lipinski definition) is 7. The van der Waals surface area contributed by atoms with E-state index in [4.69, 9.17) is 21.3 Å². The van der Waals surface area contributed by atoms with Crippen molar-refractivity contribution in [1.29, 1.82) is 0 Å². The lowest BCUT2D eigenvalue weighted by Crippen LogP contribution is -2.56. The number of aliphatic hydroxyl groups excluding tert-OH is 1. The molecule has 9 heteroatoms. The molecule has 2 N–H and O–H groups in total. The Labute approximate surface area is 192 Å². The van der Waals surface area contributed by atoms with Crippen molar-refractivity contribution in [1.82, 2.24) is 24.6 Å². The van der Waals surface area contributed by atoms with Gasteiger partial charge in [-0.05, 0) is 63.4 Å². The zero-order valence-corrected chi connectivity index (χ0v) is 19.4. The molecule has 4 heterocycles. The van der Waals surface area contributed by atoms with Gasteiger partial charge >= 0.3 is 0 Å². The molecule has 0 amide bonds. The van der Waals surface area contributed by atoms with Gasteiger partial charge in [-0.15, -0.1) is 0 Å². The highest BCUT2D eigenvalue weighted by molar-refractivity contribution is 6.32. The average molecular weight is 457 g/mol. The Morgan fingerprint density at radius 3 is 2.69 bits per heavy atom. The summed E-state index contributed by atoms with van der Waals surface area (Å²) in [5.41, 5.74) is 3.62. The van der Waals surface area contributed by atoms with Crippen molar-refractivity contribution < 1.29 is 9.84 Å². The standard InChI is InChI=1S/C23H29ClN6O2/c1-14-20(11-26-29(14)3)28-22-25-10-16-8-18(24)17(9-19(16)27-22)15-4-6-30(7-5-15)23(2)13-32-12-21(23)31/h8-11,15,21,31H,4-7,12-13H2,1-3H3,(H,25,27,28)/t21-,23+/m0/s1. The van der Waals surface area contributed by atoms with Gasteiger partial charge in [0.15, 0.2) is 0 Å². The summed E-state index contributed by atoms with van der Waals surface area (Å²) in [5.74, 6) is 0.901. The number of ether oxygens (including phenoxy) is 1. The first-order chi connectivity index (χ1) is 15.3. The lowest BCUT2D eigenvalue weighted by Gasteiger charge is -2.43. The van der Waals surface area contributed by atoms with Gasteiger partial charge in [0.1, 0.15) is 0 Å². The summed E-state index contributed by atoms with van der Waals surface area (Å²) in [6.07, 6.45) is 5.11. The molecule has 2 saturated heterocycles. The predicted octanol–water partition coefficient (Wildman–Crippen LogP) is 3.40. The van der Waals surface area contributed by atoms with Gasteiger partial charge in [0.25, 0.3) is 0 Å². The molecule has 32 heavy (non-hydrogen) atoms. The van der Waals surface area contributed by atoms with Crippen LogP contribution in [0.2, 0.25) is 5.02 Å². The second-order valence-electron chi connectivity index (χ2n) is 9.17. The molecule has 0 radical (unpaired) electrons. The van der Waals surface area contributed by atoms with Crippen molar-refractivity contribution in [2.24, 2.45) is 7.05 Å². The number of rotatable bonds is 4. The molecule has 0 spiro atoms. The van der Waals surface area contributed by atoms with Crippen LogP contribution in [-0.4, -0.2) is 67.7 Å². The van der Waals surface area contributed by atoms with E-state index in [1.54, 1.807) is 12.4 Å². The van der Waals surface area contributed by atoms with Gasteiger partial charge in [-0.2, -0.15) is 5.10 Å². The van der Waals surface area contributed by atoms with E-state index in [1.165, 1.54) is 0 Å². The monoisotopic (exact) mass is 456 g/mol. The van der Waals surface area contributed by atoms with E-state index >= 15 is 0 Å². The maximum absolute atomic E-state index is 10.4. The fourth-order valence-electron chi connectivity index (χ4n) is 4.84. The number of aryl methyl sites for hydroxylation is 1.